The summed E-state index contributed by atoms with van der Waals surface area (Å²) in [5.74, 6) is 0. The van der Waals surface area contributed by atoms with Gasteiger partial charge in [-0.3, -0.25) is 0 Å². The lowest BCUT2D eigenvalue weighted by Crippen LogP contribution is -2.41. The first-order valence-corrected chi connectivity index (χ1v) is 12.5. The summed E-state index contributed by atoms with van der Waals surface area (Å²) >= 11 is 0. The number of hydrogen-bond acceptors (Lipinski definition) is 3. The molecule has 0 bridgehead atoms. The average molecular weight is 447 g/mol. The molecule has 0 aliphatic rings. The third kappa shape index (κ3) is 4.38. The van der Waals surface area contributed by atoms with Crippen LogP contribution in [0.15, 0.2) is 65.6 Å². The molecule has 0 amide bonds. The molecule has 1 N–H and O–H groups in total. The van der Waals surface area contributed by atoms with E-state index in [1.165, 1.54) is 3.97 Å². The Balaban J connectivity index is 2.30. The molecule has 3 rings (SSSR count). The highest BCUT2D eigenvalue weighted by atomic mass is 32.2. The van der Waals surface area contributed by atoms with Crippen molar-refractivity contribution in [2.75, 3.05) is 0 Å². The van der Waals surface area contributed by atoms with Crippen LogP contribution in [0.3, 0.4) is 0 Å². The van der Waals surface area contributed by atoms with Crippen LogP contribution in [-0.4, -0.2) is 21.3 Å². The van der Waals surface area contributed by atoms with Crippen LogP contribution in [0.1, 0.15) is 53.3 Å². The Bertz CT molecular complexity index is 1170. The average Bonchev–Trinajstić information content (AvgIpc) is 3.04. The zero-order valence-corrected chi connectivity index (χ0v) is 20.0. The zero-order chi connectivity index (χ0) is 22.3. The molecular weight excluding hydrogens is 416 g/mol. The van der Waals surface area contributed by atoms with Crippen LogP contribution >= 0.6 is 0 Å². The minimum Gasteiger partial charge on any atom is -0.242 e. The van der Waals surface area contributed by atoms with Gasteiger partial charge in [0.2, 0.25) is 0 Å². The minimum atomic E-state index is -3.85. The predicted molar refractivity (Wildman–Crippen MR) is 124 cm³/mol. The fourth-order valence-corrected chi connectivity index (χ4v) is 5.90. The SMILES string of the molecule is CC(C)(C)[C@H](NS(=O)C(C)(C)C)c1cc2ccccc2n1S(=O)(=O)c1ccccc1. The summed E-state index contributed by atoms with van der Waals surface area (Å²) in [4.78, 5) is 0.220. The predicted octanol–water partition coefficient (Wildman–Crippen LogP) is 5.02. The van der Waals surface area contributed by atoms with Crippen molar-refractivity contribution in [1.29, 1.82) is 0 Å². The molecule has 7 heteroatoms. The van der Waals surface area contributed by atoms with Crippen molar-refractivity contribution in [3.63, 3.8) is 0 Å². The van der Waals surface area contributed by atoms with Gasteiger partial charge in [-0.15, -0.1) is 0 Å². The highest BCUT2D eigenvalue weighted by molar-refractivity contribution is 7.90. The van der Waals surface area contributed by atoms with E-state index in [0.717, 1.165) is 5.39 Å². The number of aromatic nitrogens is 1. The summed E-state index contributed by atoms with van der Waals surface area (Å²) in [7, 11) is -5.23. The van der Waals surface area contributed by atoms with Gasteiger partial charge in [-0.1, -0.05) is 57.2 Å². The summed E-state index contributed by atoms with van der Waals surface area (Å²) in [5, 5.41) is 0.824. The van der Waals surface area contributed by atoms with Crippen molar-refractivity contribution in [3.8, 4) is 0 Å². The smallest absolute Gasteiger partial charge is 0.242 e. The van der Waals surface area contributed by atoms with Gasteiger partial charge in [-0.2, -0.15) is 0 Å². The monoisotopic (exact) mass is 446 g/mol. The van der Waals surface area contributed by atoms with E-state index in [1.807, 2.05) is 65.8 Å². The van der Waals surface area contributed by atoms with E-state index in [4.69, 9.17) is 0 Å². The Morgan fingerprint density at radius 1 is 0.900 bits per heavy atom. The molecule has 1 heterocycles. The molecular formula is C23H30N2O3S2. The van der Waals surface area contributed by atoms with Crippen LogP contribution in [0.5, 0.6) is 0 Å². The van der Waals surface area contributed by atoms with Gasteiger partial charge >= 0.3 is 0 Å². The van der Waals surface area contributed by atoms with Crippen LogP contribution in [0.25, 0.3) is 10.9 Å². The van der Waals surface area contributed by atoms with Gasteiger partial charge < -0.3 is 0 Å². The molecule has 3 aromatic rings. The van der Waals surface area contributed by atoms with E-state index < -0.39 is 31.8 Å². The lowest BCUT2D eigenvalue weighted by Gasteiger charge is -2.34. The summed E-state index contributed by atoms with van der Waals surface area (Å²) in [6.45, 7) is 11.7. The molecule has 0 saturated heterocycles. The van der Waals surface area contributed by atoms with Crippen molar-refractivity contribution >= 4 is 31.9 Å². The van der Waals surface area contributed by atoms with Gasteiger partial charge in [0.25, 0.3) is 10.0 Å². The molecule has 0 saturated carbocycles. The Morgan fingerprint density at radius 3 is 2.03 bits per heavy atom. The molecule has 2 atom stereocenters. The van der Waals surface area contributed by atoms with Gasteiger partial charge in [-0.25, -0.2) is 21.3 Å². The van der Waals surface area contributed by atoms with Gasteiger partial charge in [0.15, 0.2) is 0 Å². The summed E-state index contributed by atoms with van der Waals surface area (Å²) in [5.41, 5.74) is 0.790. The Kier molecular flexibility index (Phi) is 6.02. The first-order valence-electron chi connectivity index (χ1n) is 9.92. The van der Waals surface area contributed by atoms with Crippen LogP contribution in [-0.2, 0) is 21.0 Å². The molecule has 0 aliphatic carbocycles. The molecule has 2 aromatic carbocycles. The van der Waals surface area contributed by atoms with E-state index in [1.54, 1.807) is 36.4 Å². The van der Waals surface area contributed by atoms with E-state index >= 15 is 0 Å². The standard InChI is InChI=1S/C23H30N2O3S2/c1-22(2,3)21(24-29(26)23(4,5)6)20-16-17-12-10-11-15-19(17)25(20)30(27,28)18-13-8-7-9-14-18/h7-16,21,24H,1-6H3/t21-,29?/m1/s1. The molecule has 5 nitrogen and oxygen atoms in total. The van der Waals surface area contributed by atoms with Crippen LogP contribution < -0.4 is 4.72 Å². The quantitative estimate of drug-likeness (QED) is 0.598. The van der Waals surface area contributed by atoms with Gasteiger partial charge in [-0.05, 0) is 50.5 Å². The largest absolute Gasteiger partial charge is 0.268 e. The van der Waals surface area contributed by atoms with E-state index in [0.29, 0.717) is 11.2 Å². The molecule has 0 radical (unpaired) electrons. The van der Waals surface area contributed by atoms with E-state index in [-0.39, 0.29) is 10.3 Å². The maximum atomic E-state index is 13.7. The Morgan fingerprint density at radius 2 is 1.47 bits per heavy atom. The lowest BCUT2D eigenvalue weighted by atomic mass is 9.85. The summed E-state index contributed by atoms with van der Waals surface area (Å²) in [6, 6.07) is 17.3. The number of nitrogens with one attached hydrogen (secondary N) is 1. The highest BCUT2D eigenvalue weighted by Gasteiger charge is 2.36. The van der Waals surface area contributed by atoms with Crippen LogP contribution in [0.4, 0.5) is 0 Å². The van der Waals surface area contributed by atoms with E-state index in [9.17, 15) is 12.6 Å². The Hall–Kier alpha value is -1.96. The van der Waals surface area contributed by atoms with Gasteiger partial charge in [0.05, 0.1) is 37.9 Å². The fraction of sp³-hybridized carbons (Fsp3) is 0.391. The number of para-hydroxylation sites is 1. The van der Waals surface area contributed by atoms with Crippen molar-refractivity contribution < 1.29 is 12.6 Å². The molecule has 30 heavy (non-hydrogen) atoms. The third-order valence-electron chi connectivity index (χ3n) is 4.92. The van der Waals surface area contributed by atoms with Crippen molar-refractivity contribution in [3.05, 3.63) is 66.4 Å². The van der Waals surface area contributed by atoms with Crippen molar-refractivity contribution in [1.82, 2.24) is 8.69 Å². The minimum absolute atomic E-state index is 0.220. The number of benzene rings is 2. The maximum Gasteiger partial charge on any atom is 0.268 e. The highest BCUT2D eigenvalue weighted by Crippen LogP contribution is 2.38. The Labute approximate surface area is 182 Å². The molecule has 0 fully saturated rings. The number of nitrogens with zero attached hydrogens (tertiary/aromatic N) is 1. The maximum absolute atomic E-state index is 13.7. The van der Waals surface area contributed by atoms with Crippen LogP contribution in [0, 0.1) is 5.41 Å². The molecule has 1 aromatic heterocycles. The molecule has 162 valence electrons. The zero-order valence-electron chi connectivity index (χ0n) is 18.3. The second kappa shape index (κ2) is 7.94. The number of fused-ring (bicyclic) bond motifs is 1. The second-order valence-corrected chi connectivity index (χ2v) is 13.3. The second-order valence-electron chi connectivity index (χ2n) is 9.51. The first kappa shape index (κ1) is 22.7. The summed E-state index contributed by atoms with van der Waals surface area (Å²) in [6.07, 6.45) is 0. The van der Waals surface area contributed by atoms with Crippen LogP contribution in [0.2, 0.25) is 0 Å². The summed E-state index contributed by atoms with van der Waals surface area (Å²) < 4.78 is 44.5. The first-order chi connectivity index (χ1) is 13.8. The van der Waals surface area contributed by atoms with Gasteiger partial charge in [0, 0.05) is 5.39 Å². The lowest BCUT2D eigenvalue weighted by molar-refractivity contribution is 0.300. The number of hydrogen-bond donors (Lipinski definition) is 1. The van der Waals surface area contributed by atoms with Crippen molar-refractivity contribution in [2.24, 2.45) is 5.41 Å². The molecule has 0 aliphatic heterocycles. The van der Waals surface area contributed by atoms with Crippen molar-refractivity contribution in [2.45, 2.75) is 57.2 Å². The van der Waals surface area contributed by atoms with Gasteiger partial charge in [0.1, 0.15) is 0 Å². The normalized spacial score (nSPS) is 15.3. The fourth-order valence-electron chi connectivity index (χ4n) is 3.28. The molecule has 0 spiro atoms. The van der Waals surface area contributed by atoms with E-state index in [2.05, 4.69) is 4.72 Å². The number of rotatable bonds is 5. The third-order valence-corrected chi connectivity index (χ3v) is 8.24. The molecule has 1 unspecified atom stereocenters. The topological polar surface area (TPSA) is 68.2 Å².